The average molecular weight is 297 g/mol. The Labute approximate surface area is 126 Å². The molecule has 112 valence electrons. The molecule has 1 aliphatic carbocycles. The molecule has 3 nitrogen and oxygen atoms in total. The first kappa shape index (κ1) is 15.8. The molecule has 0 heterocycles. The van der Waals surface area contributed by atoms with Crippen molar-refractivity contribution in [2.45, 2.75) is 50.3 Å². The maximum Gasteiger partial charge on any atom is 0.0695 e. The lowest BCUT2D eigenvalue weighted by molar-refractivity contribution is 0.0311. The minimum Gasteiger partial charge on any atom is -0.391 e. The van der Waals surface area contributed by atoms with Gasteiger partial charge in [0.05, 0.1) is 6.10 Å². The lowest BCUT2D eigenvalue weighted by Crippen LogP contribution is -2.44. The summed E-state index contributed by atoms with van der Waals surface area (Å²) in [6.45, 7) is 0.908. The molecule has 0 amide bonds. The van der Waals surface area contributed by atoms with E-state index in [-0.39, 0.29) is 12.1 Å². The number of nitrogens with two attached hydrogens (primary N) is 1. The summed E-state index contributed by atoms with van der Waals surface area (Å²) in [7, 11) is 2.09. The van der Waals surface area contributed by atoms with E-state index in [2.05, 4.69) is 11.9 Å². The van der Waals surface area contributed by atoms with E-state index in [4.69, 9.17) is 17.3 Å². The molecular weight excluding hydrogens is 272 g/mol. The average Bonchev–Trinajstić information content (AvgIpc) is 2.45. The third-order valence-electron chi connectivity index (χ3n) is 4.35. The van der Waals surface area contributed by atoms with Crippen LogP contribution in [0.5, 0.6) is 0 Å². The van der Waals surface area contributed by atoms with Crippen LogP contribution in [0.15, 0.2) is 24.3 Å². The van der Waals surface area contributed by atoms with Gasteiger partial charge in [0, 0.05) is 23.7 Å². The summed E-state index contributed by atoms with van der Waals surface area (Å²) >= 11 is 5.88. The summed E-state index contributed by atoms with van der Waals surface area (Å²) in [6.07, 6.45) is 5.10. The highest BCUT2D eigenvalue weighted by atomic mass is 35.5. The van der Waals surface area contributed by atoms with Crippen molar-refractivity contribution in [1.82, 2.24) is 4.90 Å². The number of hydrogen-bond donors (Lipinski definition) is 2. The van der Waals surface area contributed by atoms with Crippen LogP contribution in [-0.4, -0.2) is 35.7 Å². The van der Waals surface area contributed by atoms with Gasteiger partial charge in [0.1, 0.15) is 0 Å². The fraction of sp³-hybridized carbons (Fsp3) is 0.625. The van der Waals surface area contributed by atoms with Gasteiger partial charge in [-0.05, 0) is 44.0 Å². The molecule has 0 spiro atoms. The number of nitrogens with zero attached hydrogens (tertiary/aromatic N) is 1. The smallest absolute Gasteiger partial charge is 0.0695 e. The van der Waals surface area contributed by atoms with Gasteiger partial charge in [-0.3, -0.25) is 0 Å². The molecule has 2 rings (SSSR count). The van der Waals surface area contributed by atoms with Crippen molar-refractivity contribution in [1.29, 1.82) is 0 Å². The van der Waals surface area contributed by atoms with Crippen LogP contribution in [-0.2, 0) is 0 Å². The third-order valence-corrected chi connectivity index (χ3v) is 4.60. The van der Waals surface area contributed by atoms with E-state index in [1.807, 2.05) is 24.3 Å². The summed E-state index contributed by atoms with van der Waals surface area (Å²) in [5.41, 5.74) is 7.34. The minimum absolute atomic E-state index is 0.0236. The van der Waals surface area contributed by atoms with Crippen molar-refractivity contribution >= 4 is 11.6 Å². The molecule has 4 heteroatoms. The second-order valence-electron chi connectivity index (χ2n) is 5.85. The molecule has 3 unspecified atom stereocenters. The maximum atomic E-state index is 10.1. The standard InChI is InChI=1S/C16H25ClN2O/c1-19(15-4-2-3-5-16(15)20)11-10-14(18)12-6-8-13(17)9-7-12/h6-9,14-16,20H,2-5,10-11,18H2,1H3. The van der Waals surface area contributed by atoms with Crippen LogP contribution in [0, 0.1) is 0 Å². The van der Waals surface area contributed by atoms with Crippen LogP contribution in [0.1, 0.15) is 43.7 Å². The summed E-state index contributed by atoms with van der Waals surface area (Å²) in [6, 6.07) is 8.05. The van der Waals surface area contributed by atoms with E-state index in [0.29, 0.717) is 6.04 Å². The van der Waals surface area contributed by atoms with E-state index in [1.165, 1.54) is 6.42 Å². The molecule has 1 aromatic carbocycles. The van der Waals surface area contributed by atoms with Crippen LogP contribution < -0.4 is 5.73 Å². The van der Waals surface area contributed by atoms with Crippen LogP contribution in [0.25, 0.3) is 0 Å². The van der Waals surface area contributed by atoms with Crippen LogP contribution in [0.4, 0.5) is 0 Å². The largest absolute Gasteiger partial charge is 0.391 e. The number of hydrogen-bond acceptors (Lipinski definition) is 3. The van der Waals surface area contributed by atoms with Gasteiger partial charge in [0.15, 0.2) is 0 Å². The predicted octanol–water partition coefficient (Wildman–Crippen LogP) is 2.97. The van der Waals surface area contributed by atoms with Crippen molar-refractivity contribution in [2.75, 3.05) is 13.6 Å². The number of halogens is 1. The summed E-state index contributed by atoms with van der Waals surface area (Å²) in [4.78, 5) is 2.26. The number of aliphatic hydroxyl groups is 1. The molecule has 0 bridgehead atoms. The molecule has 0 aliphatic heterocycles. The number of rotatable bonds is 5. The molecule has 1 aliphatic rings. The van der Waals surface area contributed by atoms with Crippen molar-refractivity contribution < 1.29 is 5.11 Å². The Morgan fingerprint density at radius 3 is 2.60 bits per heavy atom. The quantitative estimate of drug-likeness (QED) is 0.878. The topological polar surface area (TPSA) is 49.5 Å². The lowest BCUT2D eigenvalue weighted by atomic mass is 9.91. The summed E-state index contributed by atoms with van der Waals surface area (Å²) in [5, 5.41) is 10.8. The fourth-order valence-corrected chi connectivity index (χ4v) is 3.12. The maximum absolute atomic E-state index is 10.1. The van der Waals surface area contributed by atoms with Crippen molar-refractivity contribution in [3.63, 3.8) is 0 Å². The summed E-state index contributed by atoms with van der Waals surface area (Å²) < 4.78 is 0. The Morgan fingerprint density at radius 2 is 1.95 bits per heavy atom. The summed E-state index contributed by atoms with van der Waals surface area (Å²) in [5.74, 6) is 0. The second kappa shape index (κ2) is 7.41. The molecule has 0 saturated heterocycles. The van der Waals surface area contributed by atoms with Gasteiger partial charge in [0.25, 0.3) is 0 Å². The van der Waals surface area contributed by atoms with E-state index in [1.54, 1.807) is 0 Å². The fourth-order valence-electron chi connectivity index (χ4n) is 2.99. The SMILES string of the molecule is CN(CCC(N)c1ccc(Cl)cc1)C1CCCCC1O. The molecule has 1 saturated carbocycles. The van der Waals surface area contributed by atoms with Gasteiger partial charge in [-0.1, -0.05) is 36.6 Å². The molecule has 3 N–H and O–H groups in total. The molecule has 1 fully saturated rings. The van der Waals surface area contributed by atoms with Crippen LogP contribution in [0.3, 0.4) is 0 Å². The number of aliphatic hydroxyl groups excluding tert-OH is 1. The zero-order valence-electron chi connectivity index (χ0n) is 12.1. The van der Waals surface area contributed by atoms with Gasteiger partial charge in [-0.25, -0.2) is 0 Å². The van der Waals surface area contributed by atoms with Crippen LogP contribution >= 0.6 is 11.6 Å². The molecule has 0 radical (unpaired) electrons. The first-order valence-electron chi connectivity index (χ1n) is 7.47. The van der Waals surface area contributed by atoms with Gasteiger partial charge in [-0.2, -0.15) is 0 Å². The highest BCUT2D eigenvalue weighted by Crippen LogP contribution is 2.24. The second-order valence-corrected chi connectivity index (χ2v) is 6.28. The highest BCUT2D eigenvalue weighted by molar-refractivity contribution is 6.30. The highest BCUT2D eigenvalue weighted by Gasteiger charge is 2.26. The molecule has 3 atom stereocenters. The third kappa shape index (κ3) is 4.19. The Morgan fingerprint density at radius 1 is 1.30 bits per heavy atom. The predicted molar refractivity (Wildman–Crippen MR) is 83.9 cm³/mol. The van der Waals surface area contributed by atoms with Gasteiger partial charge in [0.2, 0.25) is 0 Å². The molecular formula is C16H25ClN2O. The normalized spacial score (nSPS) is 24.9. The zero-order valence-corrected chi connectivity index (χ0v) is 12.9. The van der Waals surface area contributed by atoms with Crippen molar-refractivity contribution in [2.24, 2.45) is 5.73 Å². The minimum atomic E-state index is -0.180. The molecule has 0 aromatic heterocycles. The molecule has 1 aromatic rings. The van der Waals surface area contributed by atoms with E-state index >= 15 is 0 Å². The molecule has 20 heavy (non-hydrogen) atoms. The number of likely N-dealkylation sites (N-methyl/N-ethyl adjacent to an activating group) is 1. The number of benzene rings is 1. The van der Waals surface area contributed by atoms with Crippen molar-refractivity contribution in [3.05, 3.63) is 34.9 Å². The van der Waals surface area contributed by atoms with Gasteiger partial charge >= 0.3 is 0 Å². The van der Waals surface area contributed by atoms with Gasteiger partial charge in [-0.15, -0.1) is 0 Å². The van der Waals surface area contributed by atoms with Crippen LogP contribution in [0.2, 0.25) is 5.02 Å². The van der Waals surface area contributed by atoms with E-state index in [0.717, 1.165) is 42.8 Å². The van der Waals surface area contributed by atoms with E-state index < -0.39 is 0 Å². The monoisotopic (exact) mass is 296 g/mol. The lowest BCUT2D eigenvalue weighted by Gasteiger charge is -2.35. The first-order chi connectivity index (χ1) is 9.58. The van der Waals surface area contributed by atoms with Crippen molar-refractivity contribution in [3.8, 4) is 0 Å². The van der Waals surface area contributed by atoms with Gasteiger partial charge < -0.3 is 15.7 Å². The Bertz CT molecular complexity index is 409. The Hall–Kier alpha value is -0.610. The Kier molecular flexibility index (Phi) is 5.85. The van der Waals surface area contributed by atoms with E-state index in [9.17, 15) is 5.11 Å². The zero-order chi connectivity index (χ0) is 14.5. The Balaban J connectivity index is 1.83. The first-order valence-corrected chi connectivity index (χ1v) is 7.85.